The Labute approximate surface area is 119 Å². The third kappa shape index (κ3) is 3.20. The number of hydrogen-bond acceptors (Lipinski definition) is 4. The number of carbonyl (C=O) groups is 1. The summed E-state index contributed by atoms with van der Waals surface area (Å²) in [6.45, 7) is 4.67. The number of aryl methyl sites for hydroxylation is 1. The Bertz CT molecular complexity index is 601. The minimum Gasteiger partial charge on any atom is -0.457 e. The maximum Gasteiger partial charge on any atom is 0.374 e. The fourth-order valence-electron chi connectivity index (χ4n) is 2.10. The van der Waals surface area contributed by atoms with Crippen molar-refractivity contribution in [3.8, 4) is 0 Å². The SMILES string of the molecule is Cc1c(C(=O)O[C@H](C)CCN(C)C)oc2ccccc12. The summed E-state index contributed by atoms with van der Waals surface area (Å²) in [4.78, 5) is 14.2. The lowest BCUT2D eigenvalue weighted by molar-refractivity contribution is 0.0277. The van der Waals surface area contributed by atoms with E-state index < -0.39 is 0 Å². The fourth-order valence-corrected chi connectivity index (χ4v) is 2.10. The van der Waals surface area contributed by atoms with E-state index in [2.05, 4.69) is 4.90 Å². The molecule has 0 radical (unpaired) electrons. The summed E-state index contributed by atoms with van der Waals surface area (Å²) in [5.74, 6) is -0.0761. The molecule has 20 heavy (non-hydrogen) atoms. The molecule has 0 saturated carbocycles. The number of ether oxygens (including phenoxy) is 1. The fraction of sp³-hybridized carbons (Fsp3) is 0.438. The van der Waals surface area contributed by atoms with Gasteiger partial charge in [-0.2, -0.15) is 0 Å². The van der Waals surface area contributed by atoms with Crippen LogP contribution in [0, 0.1) is 6.92 Å². The summed E-state index contributed by atoms with van der Waals surface area (Å²) < 4.78 is 11.0. The van der Waals surface area contributed by atoms with Gasteiger partial charge in [0.05, 0.1) is 0 Å². The molecule has 1 atom stereocenters. The van der Waals surface area contributed by atoms with E-state index in [1.54, 1.807) is 0 Å². The van der Waals surface area contributed by atoms with E-state index in [1.807, 2.05) is 52.2 Å². The van der Waals surface area contributed by atoms with E-state index in [0.717, 1.165) is 29.5 Å². The molecule has 1 aromatic heterocycles. The topological polar surface area (TPSA) is 42.7 Å². The van der Waals surface area contributed by atoms with Crippen LogP contribution in [0.1, 0.15) is 29.5 Å². The zero-order valence-electron chi connectivity index (χ0n) is 12.5. The highest BCUT2D eigenvalue weighted by Gasteiger charge is 2.20. The van der Waals surface area contributed by atoms with Crippen molar-refractivity contribution >= 4 is 16.9 Å². The molecule has 0 saturated heterocycles. The quantitative estimate of drug-likeness (QED) is 0.786. The standard InChI is InChI=1S/C16H21NO3/c1-11(9-10-17(3)4)19-16(18)15-12(2)13-7-5-6-8-14(13)20-15/h5-8,11H,9-10H2,1-4H3/t11-/m1/s1. The molecular weight excluding hydrogens is 254 g/mol. The van der Waals surface area contributed by atoms with Gasteiger partial charge < -0.3 is 14.1 Å². The number of fused-ring (bicyclic) bond motifs is 1. The van der Waals surface area contributed by atoms with Crippen molar-refractivity contribution in [3.05, 3.63) is 35.6 Å². The molecule has 108 valence electrons. The van der Waals surface area contributed by atoms with Crippen LogP contribution in [0.2, 0.25) is 0 Å². The molecule has 2 aromatic rings. The lowest BCUT2D eigenvalue weighted by Crippen LogP contribution is -2.22. The Balaban J connectivity index is 2.09. The molecule has 1 heterocycles. The second-order valence-corrected chi connectivity index (χ2v) is 5.36. The highest BCUT2D eigenvalue weighted by atomic mass is 16.6. The number of esters is 1. The number of nitrogens with zero attached hydrogens (tertiary/aromatic N) is 1. The number of para-hydroxylation sites is 1. The molecule has 0 aliphatic rings. The van der Waals surface area contributed by atoms with E-state index in [1.165, 1.54) is 0 Å². The molecule has 0 fully saturated rings. The first kappa shape index (κ1) is 14.6. The van der Waals surface area contributed by atoms with Crippen molar-refractivity contribution in [2.45, 2.75) is 26.4 Å². The molecule has 0 bridgehead atoms. The Morgan fingerprint density at radius 2 is 2.05 bits per heavy atom. The van der Waals surface area contributed by atoms with Gasteiger partial charge in [-0.3, -0.25) is 0 Å². The van der Waals surface area contributed by atoms with Crippen LogP contribution in [-0.2, 0) is 4.74 Å². The smallest absolute Gasteiger partial charge is 0.374 e. The second-order valence-electron chi connectivity index (χ2n) is 5.36. The van der Waals surface area contributed by atoms with Crippen molar-refractivity contribution in [3.63, 3.8) is 0 Å². The zero-order chi connectivity index (χ0) is 14.7. The van der Waals surface area contributed by atoms with Crippen molar-refractivity contribution < 1.29 is 13.9 Å². The first-order valence-electron chi connectivity index (χ1n) is 6.83. The lowest BCUT2D eigenvalue weighted by Gasteiger charge is -2.15. The van der Waals surface area contributed by atoms with E-state index in [-0.39, 0.29) is 12.1 Å². The van der Waals surface area contributed by atoms with Crippen LogP contribution < -0.4 is 0 Å². The van der Waals surface area contributed by atoms with Crippen LogP contribution in [0.3, 0.4) is 0 Å². The molecule has 0 N–H and O–H groups in total. The molecule has 4 nitrogen and oxygen atoms in total. The van der Waals surface area contributed by atoms with Crippen molar-refractivity contribution in [1.29, 1.82) is 0 Å². The third-order valence-corrected chi connectivity index (χ3v) is 3.32. The summed E-state index contributed by atoms with van der Waals surface area (Å²) in [5.41, 5.74) is 1.56. The number of rotatable bonds is 5. The molecular formula is C16H21NO3. The van der Waals surface area contributed by atoms with Crippen molar-refractivity contribution in [2.24, 2.45) is 0 Å². The van der Waals surface area contributed by atoms with Gasteiger partial charge in [0.25, 0.3) is 0 Å². The van der Waals surface area contributed by atoms with Crippen molar-refractivity contribution in [1.82, 2.24) is 4.90 Å². The Hall–Kier alpha value is -1.81. The van der Waals surface area contributed by atoms with Gasteiger partial charge >= 0.3 is 5.97 Å². The van der Waals surface area contributed by atoms with E-state index in [0.29, 0.717) is 5.76 Å². The Kier molecular flexibility index (Phi) is 4.45. The molecule has 0 spiro atoms. The third-order valence-electron chi connectivity index (χ3n) is 3.32. The average molecular weight is 275 g/mol. The van der Waals surface area contributed by atoms with E-state index in [9.17, 15) is 4.79 Å². The van der Waals surface area contributed by atoms with Gasteiger partial charge in [0.1, 0.15) is 11.7 Å². The van der Waals surface area contributed by atoms with Crippen LogP contribution in [0.5, 0.6) is 0 Å². The molecule has 0 amide bonds. The summed E-state index contributed by atoms with van der Waals surface area (Å²) in [7, 11) is 4.00. The lowest BCUT2D eigenvalue weighted by atomic mass is 10.1. The van der Waals surface area contributed by atoms with Crippen LogP contribution in [-0.4, -0.2) is 37.6 Å². The first-order chi connectivity index (χ1) is 9.49. The van der Waals surface area contributed by atoms with Crippen LogP contribution in [0.4, 0.5) is 0 Å². The normalized spacial score (nSPS) is 12.8. The van der Waals surface area contributed by atoms with Gasteiger partial charge in [0, 0.05) is 17.5 Å². The molecule has 2 rings (SSSR count). The molecule has 0 unspecified atom stereocenters. The number of carbonyl (C=O) groups excluding carboxylic acids is 1. The highest BCUT2D eigenvalue weighted by molar-refractivity contribution is 5.95. The molecule has 0 aliphatic carbocycles. The molecule has 4 heteroatoms. The summed E-state index contributed by atoms with van der Waals surface area (Å²) in [5, 5.41) is 0.959. The summed E-state index contributed by atoms with van der Waals surface area (Å²) in [6, 6.07) is 7.62. The van der Waals surface area contributed by atoms with Gasteiger partial charge in [0.15, 0.2) is 0 Å². The summed E-state index contributed by atoms with van der Waals surface area (Å²) >= 11 is 0. The minimum absolute atomic E-state index is 0.127. The van der Waals surface area contributed by atoms with Gasteiger partial charge in [-0.25, -0.2) is 4.79 Å². The maximum atomic E-state index is 12.2. The predicted octanol–water partition coefficient (Wildman–Crippen LogP) is 3.24. The monoisotopic (exact) mass is 275 g/mol. The van der Waals surface area contributed by atoms with E-state index in [4.69, 9.17) is 9.15 Å². The maximum absolute atomic E-state index is 12.2. The average Bonchev–Trinajstić information content (AvgIpc) is 2.74. The molecule has 0 aliphatic heterocycles. The van der Waals surface area contributed by atoms with Gasteiger partial charge in [-0.15, -0.1) is 0 Å². The molecule has 1 aromatic carbocycles. The van der Waals surface area contributed by atoms with Gasteiger partial charge in [-0.05, 0) is 40.4 Å². The van der Waals surface area contributed by atoms with Crippen LogP contribution >= 0.6 is 0 Å². The van der Waals surface area contributed by atoms with E-state index >= 15 is 0 Å². The minimum atomic E-state index is -0.384. The number of benzene rings is 1. The van der Waals surface area contributed by atoms with Crippen molar-refractivity contribution in [2.75, 3.05) is 20.6 Å². The highest BCUT2D eigenvalue weighted by Crippen LogP contribution is 2.25. The van der Waals surface area contributed by atoms with Gasteiger partial charge in [0.2, 0.25) is 5.76 Å². The zero-order valence-corrected chi connectivity index (χ0v) is 12.5. The number of hydrogen-bond donors (Lipinski definition) is 0. The Morgan fingerprint density at radius 3 is 2.70 bits per heavy atom. The summed E-state index contributed by atoms with van der Waals surface area (Å²) in [6.07, 6.45) is 0.676. The van der Waals surface area contributed by atoms with Crippen LogP contribution in [0.15, 0.2) is 28.7 Å². The second kappa shape index (κ2) is 6.09. The van der Waals surface area contributed by atoms with Crippen LogP contribution in [0.25, 0.3) is 11.0 Å². The number of furan rings is 1. The Morgan fingerprint density at radius 1 is 1.35 bits per heavy atom. The van der Waals surface area contributed by atoms with Gasteiger partial charge in [-0.1, -0.05) is 18.2 Å². The predicted molar refractivity (Wildman–Crippen MR) is 79.0 cm³/mol. The largest absolute Gasteiger partial charge is 0.457 e. The first-order valence-corrected chi connectivity index (χ1v) is 6.83.